The minimum atomic E-state index is 0.370. The molecule has 0 saturated carbocycles. The Hall–Kier alpha value is -0.800. The molecule has 2 unspecified atom stereocenters. The third kappa shape index (κ3) is 2.14. The maximum absolute atomic E-state index is 6.01. The molecule has 0 aromatic carbocycles. The number of morpholine rings is 1. The Morgan fingerprint density at radius 1 is 1.29 bits per heavy atom. The van der Waals surface area contributed by atoms with E-state index in [0.717, 1.165) is 19.7 Å². The zero-order valence-corrected chi connectivity index (χ0v) is 10.9. The lowest BCUT2D eigenvalue weighted by molar-refractivity contribution is -0.0554. The minimum absolute atomic E-state index is 0.370. The molecule has 1 aromatic heterocycles. The van der Waals surface area contributed by atoms with Crippen LogP contribution in [-0.4, -0.2) is 41.3 Å². The Labute approximate surface area is 103 Å². The zero-order chi connectivity index (χ0) is 11.8. The van der Waals surface area contributed by atoms with E-state index in [0.29, 0.717) is 12.1 Å². The molecule has 0 radical (unpaired) electrons. The standard InChI is InChI=1S/C14H22N2O/c1-11-5-6-12(2)16(11)9-14-8-15-7-3-4-13(15)10-17-14/h5-6,13-14H,3-4,7-10H2,1-2H3. The van der Waals surface area contributed by atoms with Crippen molar-refractivity contribution < 1.29 is 4.74 Å². The van der Waals surface area contributed by atoms with E-state index in [2.05, 4.69) is 35.4 Å². The summed E-state index contributed by atoms with van der Waals surface area (Å²) >= 11 is 0. The van der Waals surface area contributed by atoms with E-state index in [1.807, 2.05) is 0 Å². The second-order valence-corrected chi connectivity index (χ2v) is 5.47. The second kappa shape index (κ2) is 4.46. The Morgan fingerprint density at radius 2 is 2.06 bits per heavy atom. The topological polar surface area (TPSA) is 17.4 Å². The first-order valence-electron chi connectivity index (χ1n) is 6.72. The summed E-state index contributed by atoms with van der Waals surface area (Å²) in [6.45, 7) is 8.68. The average molecular weight is 234 g/mol. The maximum atomic E-state index is 6.01. The van der Waals surface area contributed by atoms with Crippen molar-refractivity contribution in [1.29, 1.82) is 0 Å². The normalized spacial score (nSPS) is 29.5. The molecule has 0 bridgehead atoms. The number of rotatable bonds is 2. The number of hydrogen-bond donors (Lipinski definition) is 0. The van der Waals surface area contributed by atoms with Gasteiger partial charge >= 0.3 is 0 Å². The predicted octanol–water partition coefficient (Wildman–Crippen LogP) is 1.97. The van der Waals surface area contributed by atoms with Gasteiger partial charge in [0.1, 0.15) is 0 Å². The Balaban J connectivity index is 1.66. The number of aryl methyl sites for hydroxylation is 2. The van der Waals surface area contributed by atoms with Crippen molar-refractivity contribution in [2.75, 3.05) is 19.7 Å². The SMILES string of the molecule is Cc1ccc(C)n1CC1CN2CCCC2CO1. The van der Waals surface area contributed by atoms with Gasteiger partial charge in [-0.25, -0.2) is 0 Å². The smallest absolute Gasteiger partial charge is 0.0881 e. The van der Waals surface area contributed by atoms with E-state index < -0.39 is 0 Å². The second-order valence-electron chi connectivity index (χ2n) is 5.47. The number of fused-ring (bicyclic) bond motifs is 1. The van der Waals surface area contributed by atoms with Crippen LogP contribution >= 0.6 is 0 Å². The fourth-order valence-electron chi connectivity index (χ4n) is 3.19. The molecule has 0 amide bonds. The Morgan fingerprint density at radius 3 is 2.82 bits per heavy atom. The fraction of sp³-hybridized carbons (Fsp3) is 0.714. The molecule has 2 atom stereocenters. The van der Waals surface area contributed by atoms with E-state index in [9.17, 15) is 0 Å². The van der Waals surface area contributed by atoms with Gasteiger partial charge in [0.25, 0.3) is 0 Å². The van der Waals surface area contributed by atoms with Crippen LogP contribution in [0.3, 0.4) is 0 Å². The molecule has 0 N–H and O–H groups in total. The lowest BCUT2D eigenvalue weighted by atomic mass is 10.2. The van der Waals surface area contributed by atoms with Gasteiger partial charge in [-0.15, -0.1) is 0 Å². The fourth-order valence-corrected chi connectivity index (χ4v) is 3.19. The number of aromatic nitrogens is 1. The van der Waals surface area contributed by atoms with Gasteiger partial charge in [-0.05, 0) is 45.4 Å². The van der Waals surface area contributed by atoms with Crippen LogP contribution in [0, 0.1) is 13.8 Å². The molecule has 3 heterocycles. The lowest BCUT2D eigenvalue weighted by Crippen LogP contribution is -2.47. The van der Waals surface area contributed by atoms with E-state index in [4.69, 9.17) is 4.74 Å². The molecule has 17 heavy (non-hydrogen) atoms. The van der Waals surface area contributed by atoms with Crippen LogP contribution in [0.25, 0.3) is 0 Å². The molecule has 0 aliphatic carbocycles. The van der Waals surface area contributed by atoms with Crippen LogP contribution < -0.4 is 0 Å². The van der Waals surface area contributed by atoms with Gasteiger partial charge < -0.3 is 9.30 Å². The zero-order valence-electron chi connectivity index (χ0n) is 10.9. The molecule has 2 aliphatic rings. The molecule has 2 fully saturated rings. The summed E-state index contributed by atoms with van der Waals surface area (Å²) in [7, 11) is 0. The summed E-state index contributed by atoms with van der Waals surface area (Å²) in [6, 6.07) is 5.09. The quantitative estimate of drug-likeness (QED) is 0.778. The van der Waals surface area contributed by atoms with E-state index in [1.165, 1.54) is 30.8 Å². The van der Waals surface area contributed by atoms with Crippen molar-refractivity contribution in [1.82, 2.24) is 9.47 Å². The highest BCUT2D eigenvalue weighted by Gasteiger charge is 2.32. The molecule has 1 aromatic rings. The minimum Gasteiger partial charge on any atom is -0.373 e. The Bertz CT molecular complexity index is 379. The molecule has 94 valence electrons. The molecule has 3 heteroatoms. The van der Waals surface area contributed by atoms with Crippen LogP contribution in [0.4, 0.5) is 0 Å². The van der Waals surface area contributed by atoms with Crippen LogP contribution in [0.15, 0.2) is 12.1 Å². The first-order valence-corrected chi connectivity index (χ1v) is 6.72. The molecule has 3 nitrogen and oxygen atoms in total. The maximum Gasteiger partial charge on any atom is 0.0881 e. The van der Waals surface area contributed by atoms with E-state index in [1.54, 1.807) is 0 Å². The molecule has 3 rings (SSSR count). The van der Waals surface area contributed by atoms with Crippen molar-refractivity contribution in [2.24, 2.45) is 0 Å². The van der Waals surface area contributed by atoms with Gasteiger partial charge in [0, 0.05) is 24.0 Å². The summed E-state index contributed by atoms with van der Waals surface area (Å²) in [5.41, 5.74) is 2.68. The summed E-state index contributed by atoms with van der Waals surface area (Å²) in [6.07, 6.45) is 3.05. The third-order valence-electron chi connectivity index (χ3n) is 4.26. The van der Waals surface area contributed by atoms with Gasteiger partial charge in [-0.2, -0.15) is 0 Å². The first kappa shape index (κ1) is 11.3. The highest BCUT2D eigenvalue weighted by Crippen LogP contribution is 2.23. The van der Waals surface area contributed by atoms with Gasteiger partial charge in [0.15, 0.2) is 0 Å². The van der Waals surface area contributed by atoms with Crippen molar-refractivity contribution >= 4 is 0 Å². The van der Waals surface area contributed by atoms with Crippen LogP contribution in [0.1, 0.15) is 24.2 Å². The van der Waals surface area contributed by atoms with Crippen molar-refractivity contribution in [2.45, 2.75) is 45.4 Å². The highest BCUT2D eigenvalue weighted by molar-refractivity contribution is 5.13. The van der Waals surface area contributed by atoms with Crippen LogP contribution in [0.5, 0.6) is 0 Å². The lowest BCUT2D eigenvalue weighted by Gasteiger charge is -2.35. The number of hydrogen-bond acceptors (Lipinski definition) is 2. The van der Waals surface area contributed by atoms with E-state index in [-0.39, 0.29) is 0 Å². The molecule has 2 aliphatic heterocycles. The van der Waals surface area contributed by atoms with Gasteiger partial charge in [-0.3, -0.25) is 4.90 Å². The molecule has 2 saturated heterocycles. The summed E-state index contributed by atoms with van der Waals surface area (Å²) in [5, 5.41) is 0. The van der Waals surface area contributed by atoms with Crippen LogP contribution in [-0.2, 0) is 11.3 Å². The average Bonchev–Trinajstić information content (AvgIpc) is 2.90. The monoisotopic (exact) mass is 234 g/mol. The summed E-state index contributed by atoms with van der Waals surface area (Å²) in [4.78, 5) is 2.61. The Kier molecular flexibility index (Phi) is 2.97. The molecular weight excluding hydrogens is 212 g/mol. The van der Waals surface area contributed by atoms with E-state index >= 15 is 0 Å². The van der Waals surface area contributed by atoms with Gasteiger partial charge in [0.05, 0.1) is 19.3 Å². The van der Waals surface area contributed by atoms with Crippen molar-refractivity contribution in [3.8, 4) is 0 Å². The molecule has 0 spiro atoms. The van der Waals surface area contributed by atoms with Gasteiger partial charge in [0.2, 0.25) is 0 Å². The predicted molar refractivity (Wildman–Crippen MR) is 68.2 cm³/mol. The largest absolute Gasteiger partial charge is 0.373 e. The van der Waals surface area contributed by atoms with Gasteiger partial charge in [-0.1, -0.05) is 0 Å². The number of nitrogens with zero attached hydrogens (tertiary/aromatic N) is 2. The van der Waals surface area contributed by atoms with Crippen molar-refractivity contribution in [3.05, 3.63) is 23.5 Å². The number of ether oxygens (including phenoxy) is 1. The van der Waals surface area contributed by atoms with Crippen molar-refractivity contribution in [3.63, 3.8) is 0 Å². The highest BCUT2D eigenvalue weighted by atomic mass is 16.5. The molecular formula is C14H22N2O. The van der Waals surface area contributed by atoms with Crippen LogP contribution in [0.2, 0.25) is 0 Å². The summed E-state index contributed by atoms with van der Waals surface area (Å²) < 4.78 is 8.39. The third-order valence-corrected chi connectivity index (χ3v) is 4.26. The summed E-state index contributed by atoms with van der Waals surface area (Å²) in [5.74, 6) is 0. The first-order chi connectivity index (χ1) is 8.24.